The van der Waals surface area contributed by atoms with Gasteiger partial charge in [-0.05, 0) is 16.8 Å². The van der Waals surface area contributed by atoms with E-state index in [1.54, 1.807) is 17.5 Å². The van der Waals surface area contributed by atoms with Gasteiger partial charge in [0.05, 0.1) is 0 Å². The molecule has 1 N–H and O–H groups in total. The monoisotopic (exact) mass is 241 g/mol. The van der Waals surface area contributed by atoms with E-state index in [1.165, 1.54) is 0 Å². The molecule has 0 bridgehead atoms. The van der Waals surface area contributed by atoms with Crippen LogP contribution in [0.25, 0.3) is 10.8 Å². The molecular formula is C14H11NOS. The van der Waals surface area contributed by atoms with Crippen molar-refractivity contribution in [2.24, 2.45) is 0 Å². The summed E-state index contributed by atoms with van der Waals surface area (Å²) in [5.74, 6) is 0. The van der Waals surface area contributed by atoms with Crippen LogP contribution in [0.5, 0.6) is 0 Å². The summed E-state index contributed by atoms with van der Waals surface area (Å²) in [6.07, 6.45) is 2.97. The van der Waals surface area contributed by atoms with Gasteiger partial charge in [-0.15, -0.1) is 11.3 Å². The van der Waals surface area contributed by atoms with Crippen molar-refractivity contribution < 1.29 is 5.11 Å². The highest BCUT2D eigenvalue weighted by Gasteiger charge is 2.14. The molecule has 1 atom stereocenters. The number of nitrogens with zero attached hydrogens (tertiary/aromatic N) is 1. The summed E-state index contributed by atoms with van der Waals surface area (Å²) in [6.45, 7) is 0. The van der Waals surface area contributed by atoms with E-state index < -0.39 is 6.10 Å². The van der Waals surface area contributed by atoms with E-state index >= 15 is 0 Å². The molecule has 0 amide bonds. The van der Waals surface area contributed by atoms with Crippen LogP contribution in [0.1, 0.15) is 16.5 Å². The average molecular weight is 241 g/mol. The van der Waals surface area contributed by atoms with Crippen molar-refractivity contribution in [1.29, 1.82) is 0 Å². The molecule has 0 saturated heterocycles. The lowest BCUT2D eigenvalue weighted by atomic mass is 10.0. The summed E-state index contributed by atoms with van der Waals surface area (Å²) < 4.78 is 0. The zero-order valence-electron chi connectivity index (χ0n) is 9.08. The molecule has 3 rings (SSSR count). The Morgan fingerprint density at radius 1 is 1.06 bits per heavy atom. The first kappa shape index (κ1) is 10.4. The average Bonchev–Trinajstić information content (AvgIpc) is 2.91. The van der Waals surface area contributed by atoms with Crippen LogP contribution in [-0.4, -0.2) is 10.1 Å². The minimum Gasteiger partial charge on any atom is -0.383 e. The van der Waals surface area contributed by atoms with Crippen molar-refractivity contribution in [3.63, 3.8) is 0 Å². The van der Waals surface area contributed by atoms with E-state index in [2.05, 4.69) is 4.98 Å². The Morgan fingerprint density at radius 3 is 2.76 bits per heavy atom. The van der Waals surface area contributed by atoms with Crippen LogP contribution in [-0.2, 0) is 0 Å². The van der Waals surface area contributed by atoms with E-state index in [-0.39, 0.29) is 0 Å². The van der Waals surface area contributed by atoms with Crippen LogP contribution < -0.4 is 0 Å². The molecule has 0 aliphatic rings. The summed E-state index contributed by atoms with van der Waals surface area (Å²) in [4.78, 5) is 5.14. The van der Waals surface area contributed by atoms with Crippen molar-refractivity contribution in [2.75, 3.05) is 0 Å². The van der Waals surface area contributed by atoms with Gasteiger partial charge in [0.15, 0.2) is 0 Å². The zero-order chi connectivity index (χ0) is 11.7. The molecule has 3 aromatic rings. The third kappa shape index (κ3) is 1.84. The smallest absolute Gasteiger partial charge is 0.115 e. The summed E-state index contributed by atoms with van der Waals surface area (Å²) in [5.41, 5.74) is 0.866. The van der Waals surface area contributed by atoms with Crippen molar-refractivity contribution in [3.8, 4) is 0 Å². The standard InChI is InChI=1S/C14H11NOS/c16-14(13-6-3-7-17-13)12-9-15-8-10-4-1-2-5-11(10)12/h1-9,14,16H. The minimum atomic E-state index is -0.589. The summed E-state index contributed by atoms with van der Waals surface area (Å²) in [6, 6.07) is 11.9. The number of aliphatic hydroxyl groups excluding tert-OH is 1. The van der Waals surface area contributed by atoms with Gasteiger partial charge in [-0.3, -0.25) is 4.98 Å². The number of hydrogen-bond acceptors (Lipinski definition) is 3. The number of rotatable bonds is 2. The lowest BCUT2D eigenvalue weighted by molar-refractivity contribution is 0.225. The SMILES string of the molecule is OC(c1cccs1)c1cncc2ccccc12. The van der Waals surface area contributed by atoms with Crippen LogP contribution >= 0.6 is 11.3 Å². The van der Waals surface area contributed by atoms with Gasteiger partial charge >= 0.3 is 0 Å². The molecule has 2 heterocycles. The molecule has 84 valence electrons. The van der Waals surface area contributed by atoms with E-state index in [9.17, 15) is 5.11 Å². The van der Waals surface area contributed by atoms with Crippen LogP contribution in [0, 0.1) is 0 Å². The second kappa shape index (κ2) is 4.28. The predicted molar refractivity (Wildman–Crippen MR) is 70.1 cm³/mol. The molecule has 0 spiro atoms. The molecule has 0 radical (unpaired) electrons. The maximum Gasteiger partial charge on any atom is 0.115 e. The number of benzene rings is 1. The fourth-order valence-electron chi connectivity index (χ4n) is 1.96. The number of hydrogen-bond donors (Lipinski definition) is 1. The molecular weight excluding hydrogens is 230 g/mol. The molecule has 2 aromatic heterocycles. The topological polar surface area (TPSA) is 33.1 Å². The first-order valence-electron chi connectivity index (χ1n) is 5.40. The summed E-state index contributed by atoms with van der Waals surface area (Å²) in [5, 5.41) is 14.4. The molecule has 0 saturated carbocycles. The Hall–Kier alpha value is -1.71. The van der Waals surface area contributed by atoms with Crippen LogP contribution in [0.4, 0.5) is 0 Å². The highest BCUT2D eigenvalue weighted by Crippen LogP contribution is 2.30. The van der Waals surface area contributed by atoms with Gasteiger partial charge in [0.25, 0.3) is 0 Å². The van der Waals surface area contributed by atoms with Crippen LogP contribution in [0.2, 0.25) is 0 Å². The van der Waals surface area contributed by atoms with Gasteiger partial charge in [0.1, 0.15) is 6.10 Å². The molecule has 0 aliphatic heterocycles. The number of aromatic nitrogens is 1. The van der Waals surface area contributed by atoms with E-state index in [4.69, 9.17) is 0 Å². The van der Waals surface area contributed by atoms with E-state index in [0.717, 1.165) is 21.2 Å². The third-order valence-corrected chi connectivity index (χ3v) is 3.73. The summed E-state index contributed by atoms with van der Waals surface area (Å²) >= 11 is 1.56. The van der Waals surface area contributed by atoms with E-state index in [0.29, 0.717) is 0 Å². The lowest BCUT2D eigenvalue weighted by Gasteiger charge is -2.11. The first-order chi connectivity index (χ1) is 8.36. The normalized spacial score (nSPS) is 12.8. The molecule has 17 heavy (non-hydrogen) atoms. The Morgan fingerprint density at radius 2 is 1.94 bits per heavy atom. The fraction of sp³-hybridized carbons (Fsp3) is 0.0714. The second-order valence-corrected chi connectivity index (χ2v) is 4.85. The maximum absolute atomic E-state index is 10.3. The van der Waals surface area contributed by atoms with Gasteiger partial charge < -0.3 is 5.11 Å². The maximum atomic E-state index is 10.3. The minimum absolute atomic E-state index is 0.589. The Kier molecular flexibility index (Phi) is 2.63. The van der Waals surface area contributed by atoms with Crippen LogP contribution in [0.3, 0.4) is 0 Å². The van der Waals surface area contributed by atoms with Crippen molar-refractivity contribution in [1.82, 2.24) is 4.98 Å². The predicted octanol–water partition coefficient (Wildman–Crippen LogP) is 3.38. The number of thiophene rings is 1. The van der Waals surface area contributed by atoms with Gasteiger partial charge in [-0.25, -0.2) is 0 Å². The molecule has 2 nitrogen and oxygen atoms in total. The highest BCUT2D eigenvalue weighted by molar-refractivity contribution is 7.10. The Labute approximate surface area is 103 Å². The zero-order valence-corrected chi connectivity index (χ0v) is 9.89. The molecule has 3 heteroatoms. The van der Waals surface area contributed by atoms with E-state index in [1.807, 2.05) is 48.0 Å². The van der Waals surface area contributed by atoms with Crippen molar-refractivity contribution in [2.45, 2.75) is 6.10 Å². The van der Waals surface area contributed by atoms with Gasteiger partial charge in [-0.2, -0.15) is 0 Å². The highest BCUT2D eigenvalue weighted by atomic mass is 32.1. The molecule has 1 unspecified atom stereocenters. The van der Waals surface area contributed by atoms with Crippen molar-refractivity contribution in [3.05, 3.63) is 64.6 Å². The van der Waals surface area contributed by atoms with Gasteiger partial charge in [-0.1, -0.05) is 30.3 Å². The molecule has 1 aromatic carbocycles. The number of aliphatic hydroxyl groups is 1. The third-order valence-electron chi connectivity index (χ3n) is 2.81. The quantitative estimate of drug-likeness (QED) is 0.746. The molecule has 0 aliphatic carbocycles. The van der Waals surface area contributed by atoms with Gasteiger partial charge in [0, 0.05) is 28.2 Å². The van der Waals surface area contributed by atoms with Crippen molar-refractivity contribution >= 4 is 22.1 Å². The molecule has 0 fully saturated rings. The van der Waals surface area contributed by atoms with Crippen LogP contribution in [0.15, 0.2) is 54.2 Å². The lowest BCUT2D eigenvalue weighted by Crippen LogP contribution is -1.98. The summed E-state index contributed by atoms with van der Waals surface area (Å²) in [7, 11) is 0. The fourth-order valence-corrected chi connectivity index (χ4v) is 2.69. The first-order valence-corrected chi connectivity index (χ1v) is 6.28. The Bertz CT molecular complexity index is 628. The largest absolute Gasteiger partial charge is 0.383 e. The van der Waals surface area contributed by atoms with Gasteiger partial charge in [0.2, 0.25) is 0 Å². The number of pyridine rings is 1. The Balaban J connectivity index is 2.17. The second-order valence-electron chi connectivity index (χ2n) is 3.87. The number of fused-ring (bicyclic) bond motifs is 1.